The van der Waals surface area contributed by atoms with Gasteiger partial charge < -0.3 is 20.5 Å². The molecule has 0 radical (unpaired) electrons. The summed E-state index contributed by atoms with van der Waals surface area (Å²) in [6, 6.07) is 5.44. The Balaban J connectivity index is 2.47. The van der Waals surface area contributed by atoms with Crippen molar-refractivity contribution in [2.24, 2.45) is 5.73 Å². The Hall–Kier alpha value is -1.26. The molecule has 1 aliphatic rings. The summed E-state index contributed by atoms with van der Waals surface area (Å²) >= 11 is 0. The fraction of sp³-hybridized carbons (Fsp3) is 0.455. The molecule has 0 bridgehead atoms. The van der Waals surface area contributed by atoms with Crippen molar-refractivity contribution in [3.8, 4) is 5.75 Å². The Bertz CT molecular complexity index is 368. The highest BCUT2D eigenvalue weighted by Gasteiger charge is 2.28. The molecule has 0 spiro atoms. The van der Waals surface area contributed by atoms with Crippen LogP contribution in [0, 0.1) is 0 Å². The van der Waals surface area contributed by atoms with Gasteiger partial charge in [-0.05, 0) is 18.2 Å². The van der Waals surface area contributed by atoms with Crippen LogP contribution in [0.4, 0.5) is 5.69 Å². The number of hydrogen-bond acceptors (Lipinski definition) is 4. The lowest BCUT2D eigenvalue weighted by Crippen LogP contribution is -2.44. The number of hydrogen-bond donors (Lipinski definition) is 2. The summed E-state index contributed by atoms with van der Waals surface area (Å²) in [6.45, 7) is 0.667. The number of nitrogens with zero attached hydrogens (tertiary/aromatic N) is 1. The zero-order valence-electron chi connectivity index (χ0n) is 8.97. The van der Waals surface area contributed by atoms with Gasteiger partial charge in [0.2, 0.25) is 0 Å². The molecule has 2 unspecified atom stereocenters. The Morgan fingerprint density at radius 3 is 2.93 bits per heavy atom. The van der Waals surface area contributed by atoms with E-state index in [-0.39, 0.29) is 6.04 Å². The van der Waals surface area contributed by atoms with E-state index >= 15 is 0 Å². The highest BCUT2D eigenvalue weighted by molar-refractivity contribution is 5.59. The van der Waals surface area contributed by atoms with Crippen LogP contribution >= 0.6 is 0 Å². The molecule has 0 amide bonds. The van der Waals surface area contributed by atoms with Crippen molar-refractivity contribution in [2.75, 3.05) is 25.6 Å². The molecule has 2 atom stereocenters. The average molecular weight is 208 g/mol. The smallest absolute Gasteiger partial charge is 0.119 e. The second kappa shape index (κ2) is 3.72. The van der Waals surface area contributed by atoms with Crippen LogP contribution in [0.3, 0.4) is 0 Å². The second-order valence-corrected chi connectivity index (χ2v) is 3.91. The number of ether oxygens (including phenoxy) is 1. The highest BCUT2D eigenvalue weighted by Crippen LogP contribution is 2.34. The van der Waals surface area contributed by atoms with Crippen molar-refractivity contribution in [3.05, 3.63) is 23.8 Å². The Morgan fingerprint density at radius 1 is 1.53 bits per heavy atom. The predicted octanol–water partition coefficient (Wildman–Crippen LogP) is 0.506. The van der Waals surface area contributed by atoms with E-state index in [4.69, 9.17) is 10.5 Å². The van der Waals surface area contributed by atoms with Gasteiger partial charge in [0.25, 0.3) is 0 Å². The molecule has 3 N–H and O–H groups in total. The van der Waals surface area contributed by atoms with Gasteiger partial charge in [-0.25, -0.2) is 0 Å². The van der Waals surface area contributed by atoms with Crippen LogP contribution in [0.2, 0.25) is 0 Å². The number of methoxy groups -OCH3 is 1. The van der Waals surface area contributed by atoms with Crippen molar-refractivity contribution >= 4 is 5.69 Å². The minimum absolute atomic E-state index is 0.241. The first-order valence-corrected chi connectivity index (χ1v) is 4.96. The molecular formula is C11H16N2O2. The number of benzene rings is 1. The third-order valence-corrected chi connectivity index (χ3v) is 2.85. The van der Waals surface area contributed by atoms with Gasteiger partial charge >= 0.3 is 0 Å². The van der Waals surface area contributed by atoms with Crippen LogP contribution in [-0.4, -0.2) is 31.9 Å². The van der Waals surface area contributed by atoms with E-state index in [2.05, 4.69) is 0 Å². The van der Waals surface area contributed by atoms with Crippen molar-refractivity contribution in [3.63, 3.8) is 0 Å². The topological polar surface area (TPSA) is 58.7 Å². The normalized spacial score (nSPS) is 24.9. The number of nitrogens with two attached hydrogens (primary N) is 1. The number of rotatable bonds is 1. The average Bonchev–Trinajstić information content (AvgIpc) is 2.25. The molecule has 0 fully saturated rings. The Kier molecular flexibility index (Phi) is 2.54. The molecule has 4 nitrogen and oxygen atoms in total. The highest BCUT2D eigenvalue weighted by atomic mass is 16.5. The van der Waals surface area contributed by atoms with E-state index in [1.165, 1.54) is 0 Å². The molecule has 2 rings (SSSR count). The number of aliphatic hydroxyl groups is 1. The molecule has 1 aromatic rings. The van der Waals surface area contributed by atoms with E-state index in [9.17, 15) is 5.11 Å². The molecule has 82 valence electrons. The molecule has 1 aromatic carbocycles. The zero-order chi connectivity index (χ0) is 11.0. The first-order chi connectivity index (χ1) is 7.13. The SMILES string of the molecule is COc1ccc2c(c1)C(O)C(N)CN2C. The molecule has 0 saturated carbocycles. The maximum Gasteiger partial charge on any atom is 0.119 e. The lowest BCUT2D eigenvalue weighted by atomic mass is 9.95. The largest absolute Gasteiger partial charge is 0.497 e. The number of likely N-dealkylation sites (N-methyl/N-ethyl adjacent to an activating group) is 1. The zero-order valence-corrected chi connectivity index (χ0v) is 8.97. The van der Waals surface area contributed by atoms with Crippen LogP contribution in [0.15, 0.2) is 18.2 Å². The molecule has 1 heterocycles. The summed E-state index contributed by atoms with van der Waals surface area (Å²) in [6.07, 6.45) is -0.605. The van der Waals surface area contributed by atoms with Crippen molar-refractivity contribution in [1.29, 1.82) is 0 Å². The number of fused-ring (bicyclic) bond motifs is 1. The third kappa shape index (κ3) is 1.66. The Morgan fingerprint density at radius 2 is 2.27 bits per heavy atom. The van der Waals surface area contributed by atoms with E-state index in [1.54, 1.807) is 7.11 Å². The van der Waals surface area contributed by atoms with E-state index < -0.39 is 6.10 Å². The van der Waals surface area contributed by atoms with Gasteiger partial charge in [0, 0.05) is 24.8 Å². The number of aliphatic hydroxyl groups excluding tert-OH is 1. The van der Waals surface area contributed by atoms with E-state index in [1.807, 2.05) is 30.1 Å². The molecule has 4 heteroatoms. The minimum Gasteiger partial charge on any atom is -0.497 e. The van der Waals surface area contributed by atoms with Gasteiger partial charge in [0.05, 0.1) is 19.3 Å². The Labute approximate surface area is 89.3 Å². The fourth-order valence-corrected chi connectivity index (χ4v) is 1.99. The molecule has 0 aliphatic carbocycles. The van der Waals surface area contributed by atoms with E-state index in [0.29, 0.717) is 6.54 Å². The van der Waals surface area contributed by atoms with Gasteiger partial charge in [0.15, 0.2) is 0 Å². The summed E-state index contributed by atoms with van der Waals surface area (Å²) in [5, 5.41) is 9.96. The summed E-state index contributed by atoms with van der Waals surface area (Å²) < 4.78 is 5.13. The van der Waals surface area contributed by atoms with Crippen molar-refractivity contribution < 1.29 is 9.84 Å². The summed E-state index contributed by atoms with van der Waals surface area (Å²) in [5.41, 5.74) is 7.70. The lowest BCUT2D eigenvalue weighted by molar-refractivity contribution is 0.143. The van der Waals surface area contributed by atoms with Crippen LogP contribution in [-0.2, 0) is 0 Å². The summed E-state index contributed by atoms with van der Waals surface area (Å²) in [7, 11) is 3.58. The van der Waals surface area contributed by atoms with Crippen molar-refractivity contribution in [1.82, 2.24) is 0 Å². The van der Waals surface area contributed by atoms with Gasteiger partial charge in [-0.2, -0.15) is 0 Å². The van der Waals surface area contributed by atoms with Crippen LogP contribution in [0.25, 0.3) is 0 Å². The molecule has 1 aliphatic heterocycles. The summed E-state index contributed by atoms with van der Waals surface area (Å²) in [5.74, 6) is 0.746. The van der Waals surface area contributed by atoms with Crippen molar-refractivity contribution in [2.45, 2.75) is 12.1 Å². The maximum atomic E-state index is 9.96. The van der Waals surface area contributed by atoms with Gasteiger partial charge in [-0.15, -0.1) is 0 Å². The second-order valence-electron chi connectivity index (χ2n) is 3.91. The van der Waals surface area contributed by atoms with Gasteiger partial charge in [-0.1, -0.05) is 0 Å². The monoisotopic (exact) mass is 208 g/mol. The quantitative estimate of drug-likeness (QED) is 0.706. The van der Waals surface area contributed by atoms with E-state index in [0.717, 1.165) is 17.0 Å². The number of anilines is 1. The standard InChI is InChI=1S/C11H16N2O2/c1-13-6-9(12)11(14)8-5-7(15-2)3-4-10(8)13/h3-5,9,11,14H,6,12H2,1-2H3. The molecule has 0 saturated heterocycles. The predicted molar refractivity (Wildman–Crippen MR) is 59.2 cm³/mol. The summed E-state index contributed by atoms with van der Waals surface area (Å²) in [4.78, 5) is 2.05. The molecule has 15 heavy (non-hydrogen) atoms. The molecule has 0 aromatic heterocycles. The first-order valence-electron chi connectivity index (χ1n) is 4.96. The molecular weight excluding hydrogens is 192 g/mol. The fourth-order valence-electron chi connectivity index (χ4n) is 1.99. The van der Waals surface area contributed by atoms with Gasteiger partial charge in [0.1, 0.15) is 5.75 Å². The minimum atomic E-state index is -0.605. The third-order valence-electron chi connectivity index (χ3n) is 2.85. The maximum absolute atomic E-state index is 9.96. The van der Waals surface area contributed by atoms with Crippen LogP contribution in [0.5, 0.6) is 5.75 Å². The van der Waals surface area contributed by atoms with Crippen LogP contribution < -0.4 is 15.4 Å². The van der Waals surface area contributed by atoms with Crippen LogP contribution in [0.1, 0.15) is 11.7 Å². The lowest BCUT2D eigenvalue weighted by Gasteiger charge is -2.35. The van der Waals surface area contributed by atoms with Gasteiger partial charge in [-0.3, -0.25) is 0 Å². The first kappa shape index (κ1) is 10.3.